The van der Waals surface area contributed by atoms with Gasteiger partial charge in [-0.05, 0) is 43.4 Å². The van der Waals surface area contributed by atoms with Gasteiger partial charge < -0.3 is 11.1 Å². The quantitative estimate of drug-likeness (QED) is 0.808. The summed E-state index contributed by atoms with van der Waals surface area (Å²) in [4.78, 5) is 15.8. The van der Waals surface area contributed by atoms with Gasteiger partial charge in [0.05, 0.1) is 5.02 Å². The van der Waals surface area contributed by atoms with Crippen LogP contribution in [0.3, 0.4) is 0 Å². The van der Waals surface area contributed by atoms with E-state index in [1.54, 1.807) is 12.1 Å². The summed E-state index contributed by atoms with van der Waals surface area (Å²) in [5.41, 5.74) is 5.59. The Bertz CT molecular complexity index is 392. The van der Waals surface area contributed by atoms with Crippen LogP contribution in [0.2, 0.25) is 5.02 Å². The SMILES string of the molecule is CC(C)C(CCN)CCC(=O)Nc1ccc(Cl)cn1. The number of halogens is 1. The van der Waals surface area contributed by atoms with E-state index in [1.165, 1.54) is 6.20 Å². The Kier molecular flexibility index (Phi) is 6.81. The first kappa shape index (κ1) is 15.9. The molecule has 1 aromatic heterocycles. The number of hydrogen-bond acceptors (Lipinski definition) is 3. The summed E-state index contributed by atoms with van der Waals surface area (Å²) in [5.74, 6) is 1.56. The molecule has 1 unspecified atom stereocenters. The Morgan fingerprint density at radius 1 is 1.42 bits per heavy atom. The van der Waals surface area contributed by atoms with Crippen LogP contribution in [0.4, 0.5) is 5.82 Å². The lowest BCUT2D eigenvalue weighted by atomic mass is 9.88. The molecule has 0 aliphatic carbocycles. The Balaban J connectivity index is 2.40. The molecule has 106 valence electrons. The number of nitrogens with two attached hydrogens (primary N) is 1. The topological polar surface area (TPSA) is 68.0 Å². The van der Waals surface area contributed by atoms with E-state index in [4.69, 9.17) is 17.3 Å². The molecule has 1 atom stereocenters. The molecule has 0 aliphatic rings. The number of anilines is 1. The summed E-state index contributed by atoms with van der Waals surface area (Å²) in [6.07, 6.45) is 3.83. The van der Waals surface area contributed by atoms with Gasteiger partial charge in [-0.15, -0.1) is 0 Å². The Morgan fingerprint density at radius 3 is 2.68 bits per heavy atom. The van der Waals surface area contributed by atoms with Crippen molar-refractivity contribution in [2.24, 2.45) is 17.6 Å². The second-order valence-electron chi connectivity index (χ2n) is 5.03. The third kappa shape index (κ3) is 6.03. The minimum atomic E-state index is -0.0162. The smallest absolute Gasteiger partial charge is 0.225 e. The zero-order chi connectivity index (χ0) is 14.3. The molecule has 5 heteroatoms. The van der Waals surface area contributed by atoms with Crippen LogP contribution in [0.15, 0.2) is 18.3 Å². The highest BCUT2D eigenvalue weighted by molar-refractivity contribution is 6.30. The molecule has 0 aromatic carbocycles. The van der Waals surface area contributed by atoms with E-state index in [0.717, 1.165) is 12.8 Å². The summed E-state index contributed by atoms with van der Waals surface area (Å²) >= 11 is 5.73. The van der Waals surface area contributed by atoms with Crippen molar-refractivity contribution in [3.8, 4) is 0 Å². The van der Waals surface area contributed by atoms with Crippen LogP contribution in [0.1, 0.15) is 33.1 Å². The molecule has 1 rings (SSSR count). The third-order valence-electron chi connectivity index (χ3n) is 3.22. The number of nitrogens with one attached hydrogen (secondary N) is 1. The van der Waals surface area contributed by atoms with E-state index in [0.29, 0.717) is 35.6 Å². The molecule has 19 heavy (non-hydrogen) atoms. The highest BCUT2D eigenvalue weighted by Gasteiger charge is 2.14. The lowest BCUT2D eigenvalue weighted by Gasteiger charge is -2.19. The standard InChI is InChI=1S/C14H22ClN3O/c1-10(2)11(7-8-16)3-6-14(19)18-13-5-4-12(15)9-17-13/h4-5,9-11H,3,6-8,16H2,1-2H3,(H,17,18,19). The lowest BCUT2D eigenvalue weighted by molar-refractivity contribution is -0.116. The molecular formula is C14H22ClN3O. The van der Waals surface area contributed by atoms with Crippen molar-refractivity contribution in [1.29, 1.82) is 0 Å². The maximum Gasteiger partial charge on any atom is 0.225 e. The predicted molar refractivity (Wildman–Crippen MR) is 79.1 cm³/mol. The lowest BCUT2D eigenvalue weighted by Crippen LogP contribution is -2.18. The number of rotatable bonds is 7. The van der Waals surface area contributed by atoms with Gasteiger partial charge in [0.25, 0.3) is 0 Å². The fourth-order valence-corrected chi connectivity index (χ4v) is 2.11. The van der Waals surface area contributed by atoms with Crippen molar-refractivity contribution in [2.75, 3.05) is 11.9 Å². The fourth-order valence-electron chi connectivity index (χ4n) is 2.00. The van der Waals surface area contributed by atoms with Crippen molar-refractivity contribution in [2.45, 2.75) is 33.1 Å². The second kappa shape index (κ2) is 8.12. The number of aromatic nitrogens is 1. The van der Waals surface area contributed by atoms with Gasteiger partial charge in [-0.3, -0.25) is 4.79 Å². The summed E-state index contributed by atoms with van der Waals surface area (Å²) in [6.45, 7) is 5.00. The zero-order valence-electron chi connectivity index (χ0n) is 11.5. The van der Waals surface area contributed by atoms with Crippen LogP contribution in [0.5, 0.6) is 0 Å². The molecule has 0 aliphatic heterocycles. The Hall–Kier alpha value is -1.13. The molecule has 4 nitrogen and oxygen atoms in total. The van der Waals surface area contributed by atoms with Crippen molar-refractivity contribution in [1.82, 2.24) is 4.98 Å². The van der Waals surface area contributed by atoms with Gasteiger partial charge in [0.1, 0.15) is 5.82 Å². The summed E-state index contributed by atoms with van der Waals surface area (Å²) < 4.78 is 0. The van der Waals surface area contributed by atoms with Crippen molar-refractivity contribution in [3.05, 3.63) is 23.4 Å². The number of hydrogen-bond donors (Lipinski definition) is 2. The molecule has 0 saturated carbocycles. The number of amides is 1. The Labute approximate surface area is 119 Å². The third-order valence-corrected chi connectivity index (χ3v) is 3.44. The number of carbonyl (C=O) groups excluding carboxylic acids is 1. The van der Waals surface area contributed by atoms with Crippen LogP contribution in [-0.4, -0.2) is 17.4 Å². The van der Waals surface area contributed by atoms with Gasteiger partial charge in [0.2, 0.25) is 5.91 Å². The molecule has 0 radical (unpaired) electrons. The first-order valence-electron chi connectivity index (χ1n) is 6.64. The predicted octanol–water partition coefficient (Wildman–Crippen LogP) is 3.07. The number of nitrogens with zero attached hydrogens (tertiary/aromatic N) is 1. The van der Waals surface area contributed by atoms with E-state index in [2.05, 4.69) is 24.1 Å². The van der Waals surface area contributed by atoms with E-state index in [1.807, 2.05) is 0 Å². The van der Waals surface area contributed by atoms with Gasteiger partial charge >= 0.3 is 0 Å². The Morgan fingerprint density at radius 2 is 2.16 bits per heavy atom. The van der Waals surface area contributed by atoms with Crippen LogP contribution in [0.25, 0.3) is 0 Å². The molecule has 1 amide bonds. The molecule has 0 bridgehead atoms. The second-order valence-corrected chi connectivity index (χ2v) is 5.47. The van der Waals surface area contributed by atoms with Crippen LogP contribution < -0.4 is 11.1 Å². The van der Waals surface area contributed by atoms with Crippen molar-refractivity contribution >= 4 is 23.3 Å². The number of pyridine rings is 1. The van der Waals surface area contributed by atoms with Gasteiger partial charge in [0.15, 0.2) is 0 Å². The summed E-state index contributed by atoms with van der Waals surface area (Å²) in [6, 6.07) is 3.40. The average Bonchev–Trinajstić information content (AvgIpc) is 2.37. The average molecular weight is 284 g/mol. The number of carbonyl (C=O) groups is 1. The van der Waals surface area contributed by atoms with Crippen molar-refractivity contribution < 1.29 is 4.79 Å². The van der Waals surface area contributed by atoms with E-state index in [-0.39, 0.29) is 5.91 Å². The van der Waals surface area contributed by atoms with Crippen LogP contribution in [0, 0.1) is 11.8 Å². The summed E-state index contributed by atoms with van der Waals surface area (Å²) in [5, 5.41) is 3.32. The highest BCUT2D eigenvalue weighted by atomic mass is 35.5. The first-order chi connectivity index (χ1) is 9.02. The van der Waals surface area contributed by atoms with Crippen molar-refractivity contribution in [3.63, 3.8) is 0 Å². The van der Waals surface area contributed by atoms with E-state index < -0.39 is 0 Å². The van der Waals surface area contributed by atoms with Gasteiger partial charge in [-0.25, -0.2) is 4.98 Å². The first-order valence-corrected chi connectivity index (χ1v) is 7.02. The minimum absolute atomic E-state index is 0.0162. The highest BCUT2D eigenvalue weighted by Crippen LogP contribution is 2.20. The van der Waals surface area contributed by atoms with Gasteiger partial charge in [0, 0.05) is 12.6 Å². The maximum atomic E-state index is 11.8. The van der Waals surface area contributed by atoms with Crippen LogP contribution >= 0.6 is 11.6 Å². The van der Waals surface area contributed by atoms with Gasteiger partial charge in [-0.1, -0.05) is 25.4 Å². The largest absolute Gasteiger partial charge is 0.330 e. The molecule has 1 heterocycles. The molecule has 3 N–H and O–H groups in total. The monoisotopic (exact) mass is 283 g/mol. The van der Waals surface area contributed by atoms with Gasteiger partial charge in [-0.2, -0.15) is 0 Å². The molecule has 0 fully saturated rings. The molecule has 0 saturated heterocycles. The fraction of sp³-hybridized carbons (Fsp3) is 0.571. The normalized spacial score (nSPS) is 12.5. The zero-order valence-corrected chi connectivity index (χ0v) is 12.3. The molecule has 1 aromatic rings. The van der Waals surface area contributed by atoms with E-state index in [9.17, 15) is 4.79 Å². The summed E-state index contributed by atoms with van der Waals surface area (Å²) in [7, 11) is 0. The van der Waals surface area contributed by atoms with Crippen LogP contribution in [-0.2, 0) is 4.79 Å². The molecule has 0 spiro atoms. The van der Waals surface area contributed by atoms with E-state index >= 15 is 0 Å². The molecular weight excluding hydrogens is 262 g/mol. The maximum absolute atomic E-state index is 11.8. The minimum Gasteiger partial charge on any atom is -0.330 e.